The molecule has 0 radical (unpaired) electrons. The number of rotatable bonds is 5. The van der Waals surface area contributed by atoms with E-state index in [0.29, 0.717) is 12.0 Å². The molecule has 1 nitrogen and oxygen atoms in total. The number of hydrogen-bond acceptors (Lipinski definition) is 1. The molecule has 114 valence electrons. The van der Waals surface area contributed by atoms with Gasteiger partial charge in [0.2, 0.25) is 0 Å². The molecule has 1 fully saturated rings. The smallest absolute Gasteiger partial charge is 0.00727 e. The minimum Gasteiger partial charge on any atom is -0.314 e. The predicted molar refractivity (Wildman–Crippen MR) is 94.8 cm³/mol. The zero-order valence-corrected chi connectivity index (χ0v) is 13.3. The van der Waals surface area contributed by atoms with Crippen molar-refractivity contribution in [2.24, 2.45) is 5.92 Å². The van der Waals surface area contributed by atoms with Crippen molar-refractivity contribution in [3.05, 3.63) is 77.9 Å². The maximum Gasteiger partial charge on any atom is 0.00727 e. The molecule has 22 heavy (non-hydrogen) atoms. The topological polar surface area (TPSA) is 12.0 Å². The first-order chi connectivity index (χ1) is 10.9. The Balaban J connectivity index is 1.88. The molecule has 1 aliphatic rings. The molecule has 2 aromatic carbocycles. The van der Waals surface area contributed by atoms with Gasteiger partial charge in [0.15, 0.2) is 0 Å². The number of hydrogen-bond donors (Lipinski definition) is 1. The van der Waals surface area contributed by atoms with Crippen molar-refractivity contribution < 1.29 is 0 Å². The van der Waals surface area contributed by atoms with E-state index in [1.807, 2.05) is 0 Å². The fraction of sp³-hybridized carbons (Fsp3) is 0.333. The van der Waals surface area contributed by atoms with Crippen molar-refractivity contribution in [2.75, 3.05) is 6.54 Å². The Bertz CT molecular complexity index is 559. The summed E-state index contributed by atoms with van der Waals surface area (Å²) in [6.45, 7) is 3.27. The van der Waals surface area contributed by atoms with E-state index in [1.165, 1.54) is 36.0 Å². The lowest BCUT2D eigenvalue weighted by Gasteiger charge is -2.13. The van der Waals surface area contributed by atoms with Crippen LogP contribution in [0.3, 0.4) is 0 Å². The highest BCUT2D eigenvalue weighted by molar-refractivity contribution is 5.79. The summed E-state index contributed by atoms with van der Waals surface area (Å²) in [7, 11) is 0. The van der Waals surface area contributed by atoms with Crippen molar-refractivity contribution in [2.45, 2.75) is 32.2 Å². The second-order valence-electron chi connectivity index (χ2n) is 6.14. The fourth-order valence-corrected chi connectivity index (χ4v) is 3.47. The van der Waals surface area contributed by atoms with E-state index in [1.54, 1.807) is 0 Å². The van der Waals surface area contributed by atoms with Gasteiger partial charge >= 0.3 is 0 Å². The van der Waals surface area contributed by atoms with Crippen LogP contribution in [-0.2, 0) is 0 Å². The summed E-state index contributed by atoms with van der Waals surface area (Å²) in [6, 6.07) is 22.2. The summed E-state index contributed by atoms with van der Waals surface area (Å²) in [5.74, 6) is 0.680. The number of nitrogens with one attached hydrogen (secondary N) is 1. The maximum absolute atomic E-state index is 3.60. The lowest BCUT2D eigenvalue weighted by atomic mass is 9.93. The van der Waals surface area contributed by atoms with Crippen molar-refractivity contribution in [3.8, 4) is 0 Å². The SMILES string of the molecule is CCN[C@@H]1CC[C@@H](C=C(c2ccccc2)c2ccccc2)C1. The van der Waals surface area contributed by atoms with E-state index < -0.39 is 0 Å². The highest BCUT2D eigenvalue weighted by Gasteiger charge is 2.23. The van der Waals surface area contributed by atoms with Gasteiger partial charge in [0, 0.05) is 6.04 Å². The highest BCUT2D eigenvalue weighted by Crippen LogP contribution is 2.32. The van der Waals surface area contributed by atoms with Crippen LogP contribution >= 0.6 is 0 Å². The summed E-state index contributed by atoms with van der Waals surface area (Å²) in [6.07, 6.45) is 6.35. The van der Waals surface area contributed by atoms with Gasteiger partial charge in [0.1, 0.15) is 0 Å². The van der Waals surface area contributed by atoms with Gasteiger partial charge in [-0.05, 0) is 48.4 Å². The number of benzene rings is 2. The summed E-state index contributed by atoms with van der Waals surface area (Å²) < 4.78 is 0. The largest absolute Gasteiger partial charge is 0.314 e. The van der Waals surface area contributed by atoms with Crippen LogP contribution in [0.25, 0.3) is 5.57 Å². The third-order valence-electron chi connectivity index (χ3n) is 4.54. The van der Waals surface area contributed by atoms with Crippen molar-refractivity contribution in [1.29, 1.82) is 0 Å². The van der Waals surface area contributed by atoms with Crippen LogP contribution in [0.15, 0.2) is 66.7 Å². The quantitative estimate of drug-likeness (QED) is 0.826. The first kappa shape index (κ1) is 15.1. The van der Waals surface area contributed by atoms with E-state index in [4.69, 9.17) is 0 Å². The first-order valence-electron chi connectivity index (χ1n) is 8.43. The van der Waals surface area contributed by atoms with Gasteiger partial charge in [0.25, 0.3) is 0 Å². The zero-order valence-electron chi connectivity index (χ0n) is 13.3. The summed E-state index contributed by atoms with van der Waals surface area (Å²) >= 11 is 0. The van der Waals surface area contributed by atoms with E-state index in [9.17, 15) is 0 Å². The Labute approximate surface area is 134 Å². The average Bonchev–Trinajstić information content (AvgIpc) is 3.02. The first-order valence-corrected chi connectivity index (χ1v) is 8.43. The lowest BCUT2D eigenvalue weighted by Crippen LogP contribution is -2.25. The van der Waals surface area contributed by atoms with Crippen LogP contribution in [0.1, 0.15) is 37.3 Å². The normalized spacial score (nSPS) is 20.8. The van der Waals surface area contributed by atoms with E-state index in [-0.39, 0.29) is 0 Å². The second-order valence-corrected chi connectivity index (χ2v) is 6.14. The Morgan fingerprint density at radius 1 is 0.955 bits per heavy atom. The molecular formula is C21H25N. The summed E-state index contributed by atoms with van der Waals surface area (Å²) in [5.41, 5.74) is 4.02. The molecule has 2 atom stereocenters. The van der Waals surface area contributed by atoms with E-state index in [2.05, 4.69) is 79.0 Å². The molecule has 3 rings (SSSR count). The molecule has 0 unspecified atom stereocenters. The molecule has 0 heterocycles. The Morgan fingerprint density at radius 3 is 2.09 bits per heavy atom. The van der Waals surface area contributed by atoms with Crippen molar-refractivity contribution >= 4 is 5.57 Å². The molecule has 0 bridgehead atoms. The molecule has 0 spiro atoms. The second kappa shape index (κ2) is 7.42. The molecule has 0 aromatic heterocycles. The van der Waals surface area contributed by atoms with Gasteiger partial charge in [-0.3, -0.25) is 0 Å². The van der Waals surface area contributed by atoms with Gasteiger partial charge < -0.3 is 5.32 Å². The summed E-state index contributed by atoms with van der Waals surface area (Å²) in [5, 5.41) is 3.60. The third kappa shape index (κ3) is 3.66. The predicted octanol–water partition coefficient (Wildman–Crippen LogP) is 4.90. The monoisotopic (exact) mass is 291 g/mol. The fourth-order valence-electron chi connectivity index (χ4n) is 3.47. The van der Waals surface area contributed by atoms with Gasteiger partial charge in [-0.2, -0.15) is 0 Å². The molecular weight excluding hydrogens is 266 g/mol. The van der Waals surface area contributed by atoms with Gasteiger partial charge in [0.05, 0.1) is 0 Å². The van der Waals surface area contributed by atoms with Crippen LogP contribution in [0, 0.1) is 5.92 Å². The van der Waals surface area contributed by atoms with E-state index in [0.717, 1.165) is 6.54 Å². The van der Waals surface area contributed by atoms with Gasteiger partial charge in [-0.1, -0.05) is 73.7 Å². The molecule has 1 N–H and O–H groups in total. The zero-order chi connectivity index (χ0) is 15.2. The summed E-state index contributed by atoms with van der Waals surface area (Å²) in [4.78, 5) is 0. The van der Waals surface area contributed by atoms with Crippen LogP contribution in [0.2, 0.25) is 0 Å². The minimum atomic E-state index is 0.680. The van der Waals surface area contributed by atoms with Crippen LogP contribution in [0.4, 0.5) is 0 Å². The van der Waals surface area contributed by atoms with Gasteiger partial charge in [-0.25, -0.2) is 0 Å². The van der Waals surface area contributed by atoms with Crippen LogP contribution < -0.4 is 5.32 Å². The lowest BCUT2D eigenvalue weighted by molar-refractivity contribution is 0.530. The highest BCUT2D eigenvalue weighted by atomic mass is 14.9. The molecule has 0 saturated heterocycles. The van der Waals surface area contributed by atoms with Crippen LogP contribution in [0.5, 0.6) is 0 Å². The molecule has 1 heteroatoms. The molecule has 2 aromatic rings. The molecule has 0 aliphatic heterocycles. The Hall–Kier alpha value is -1.86. The minimum absolute atomic E-state index is 0.680. The van der Waals surface area contributed by atoms with E-state index >= 15 is 0 Å². The molecule has 1 aliphatic carbocycles. The third-order valence-corrected chi connectivity index (χ3v) is 4.54. The maximum atomic E-state index is 3.60. The van der Waals surface area contributed by atoms with Crippen LogP contribution in [-0.4, -0.2) is 12.6 Å². The average molecular weight is 291 g/mol. The van der Waals surface area contributed by atoms with Crippen molar-refractivity contribution in [3.63, 3.8) is 0 Å². The number of allylic oxidation sites excluding steroid dienone is 1. The standard InChI is InChI=1S/C21H25N/c1-2-22-20-14-13-17(15-20)16-21(18-9-5-3-6-10-18)19-11-7-4-8-12-19/h3-12,16-17,20,22H,2,13-15H2,1H3/t17-,20-/m1/s1. The van der Waals surface area contributed by atoms with Gasteiger partial charge in [-0.15, -0.1) is 0 Å². The van der Waals surface area contributed by atoms with Crippen molar-refractivity contribution in [1.82, 2.24) is 5.32 Å². The molecule has 1 saturated carbocycles. The molecule has 0 amide bonds. The Kier molecular flexibility index (Phi) is 5.07. The Morgan fingerprint density at radius 2 is 1.55 bits per heavy atom.